The van der Waals surface area contributed by atoms with Crippen molar-refractivity contribution in [3.63, 3.8) is 0 Å². The Bertz CT molecular complexity index is 545. The molecule has 1 amide bonds. The highest BCUT2D eigenvalue weighted by atomic mass is 16.5. The SMILES string of the molecule is CC(C)(C(=O)N[C@H]1CCCN(c2ncccn2)C1)N1CCOCC1. The molecule has 2 aliphatic heterocycles. The van der Waals surface area contributed by atoms with Crippen LogP contribution in [0.2, 0.25) is 0 Å². The third kappa shape index (κ3) is 3.84. The third-order valence-electron chi connectivity index (χ3n) is 4.95. The van der Waals surface area contributed by atoms with E-state index >= 15 is 0 Å². The van der Waals surface area contributed by atoms with Gasteiger partial charge in [-0.2, -0.15) is 0 Å². The summed E-state index contributed by atoms with van der Waals surface area (Å²) in [7, 11) is 0. The van der Waals surface area contributed by atoms with E-state index in [9.17, 15) is 4.79 Å². The number of nitrogens with one attached hydrogen (secondary N) is 1. The van der Waals surface area contributed by atoms with E-state index in [0.29, 0.717) is 13.2 Å². The van der Waals surface area contributed by atoms with E-state index < -0.39 is 5.54 Å². The summed E-state index contributed by atoms with van der Waals surface area (Å²) >= 11 is 0. The number of amides is 1. The first kappa shape index (κ1) is 17.1. The lowest BCUT2D eigenvalue weighted by atomic mass is 9.98. The lowest BCUT2D eigenvalue weighted by molar-refractivity contribution is -0.135. The molecule has 0 unspecified atom stereocenters. The topological polar surface area (TPSA) is 70.6 Å². The highest BCUT2D eigenvalue weighted by Gasteiger charge is 2.37. The lowest BCUT2D eigenvalue weighted by Gasteiger charge is -2.41. The van der Waals surface area contributed by atoms with Crippen LogP contribution in [0.4, 0.5) is 5.95 Å². The molecule has 0 aromatic carbocycles. The third-order valence-corrected chi connectivity index (χ3v) is 4.95. The second-order valence-corrected chi connectivity index (χ2v) is 6.97. The molecule has 1 N–H and O–H groups in total. The molecule has 2 saturated heterocycles. The van der Waals surface area contributed by atoms with Gasteiger partial charge in [0.15, 0.2) is 0 Å². The molecule has 132 valence electrons. The molecule has 3 rings (SSSR count). The van der Waals surface area contributed by atoms with E-state index in [4.69, 9.17) is 4.74 Å². The van der Waals surface area contributed by atoms with E-state index in [0.717, 1.165) is 45.0 Å². The molecule has 0 aliphatic carbocycles. The van der Waals surface area contributed by atoms with Gasteiger partial charge >= 0.3 is 0 Å². The van der Waals surface area contributed by atoms with Gasteiger partial charge in [-0.15, -0.1) is 0 Å². The van der Waals surface area contributed by atoms with Crippen LogP contribution in [0.1, 0.15) is 26.7 Å². The minimum absolute atomic E-state index is 0.0882. The molecule has 2 fully saturated rings. The van der Waals surface area contributed by atoms with Crippen molar-refractivity contribution in [3.05, 3.63) is 18.5 Å². The predicted molar refractivity (Wildman–Crippen MR) is 91.9 cm³/mol. The number of ether oxygens (including phenoxy) is 1. The van der Waals surface area contributed by atoms with Crippen LogP contribution in [0.25, 0.3) is 0 Å². The van der Waals surface area contributed by atoms with Gasteiger partial charge in [-0.1, -0.05) is 0 Å². The van der Waals surface area contributed by atoms with E-state index in [2.05, 4.69) is 25.1 Å². The quantitative estimate of drug-likeness (QED) is 0.873. The van der Waals surface area contributed by atoms with Crippen LogP contribution in [0.15, 0.2) is 18.5 Å². The summed E-state index contributed by atoms with van der Waals surface area (Å²) in [5, 5.41) is 3.24. The summed E-state index contributed by atoms with van der Waals surface area (Å²) in [5.74, 6) is 0.828. The minimum atomic E-state index is -0.519. The van der Waals surface area contributed by atoms with Crippen LogP contribution in [-0.2, 0) is 9.53 Å². The second-order valence-electron chi connectivity index (χ2n) is 6.97. The van der Waals surface area contributed by atoms with Crippen molar-refractivity contribution in [2.75, 3.05) is 44.3 Å². The highest BCUT2D eigenvalue weighted by molar-refractivity contribution is 5.85. The number of morpholine rings is 1. The van der Waals surface area contributed by atoms with Crippen molar-refractivity contribution < 1.29 is 9.53 Å². The standard InChI is InChI=1S/C17H27N5O2/c1-17(2,22-9-11-24-12-10-22)15(23)20-14-5-3-8-21(13-14)16-18-6-4-7-19-16/h4,6-7,14H,3,5,8-13H2,1-2H3,(H,20,23)/t14-/m0/s1. The van der Waals surface area contributed by atoms with Gasteiger partial charge in [0.25, 0.3) is 0 Å². The van der Waals surface area contributed by atoms with Gasteiger partial charge in [0.2, 0.25) is 11.9 Å². The molecular formula is C17H27N5O2. The average molecular weight is 333 g/mol. The fourth-order valence-corrected chi connectivity index (χ4v) is 3.36. The molecule has 7 nitrogen and oxygen atoms in total. The molecule has 7 heteroatoms. The maximum Gasteiger partial charge on any atom is 0.240 e. The van der Waals surface area contributed by atoms with Crippen LogP contribution in [0.3, 0.4) is 0 Å². The maximum atomic E-state index is 12.8. The average Bonchev–Trinajstić information content (AvgIpc) is 2.63. The number of nitrogens with zero attached hydrogens (tertiary/aromatic N) is 4. The number of carbonyl (C=O) groups excluding carboxylic acids is 1. The van der Waals surface area contributed by atoms with Gasteiger partial charge < -0.3 is 15.0 Å². The molecular weight excluding hydrogens is 306 g/mol. The molecule has 0 radical (unpaired) electrons. The first-order chi connectivity index (χ1) is 11.6. The molecule has 0 bridgehead atoms. The monoisotopic (exact) mass is 333 g/mol. The lowest BCUT2D eigenvalue weighted by Crippen LogP contribution is -2.61. The summed E-state index contributed by atoms with van der Waals surface area (Å²) in [4.78, 5) is 25.8. The van der Waals surface area contributed by atoms with Gasteiger partial charge in [-0.05, 0) is 32.8 Å². The smallest absolute Gasteiger partial charge is 0.240 e. The van der Waals surface area contributed by atoms with Gasteiger partial charge in [-0.3, -0.25) is 9.69 Å². The Morgan fingerprint density at radius 3 is 2.67 bits per heavy atom. The zero-order chi connectivity index (χ0) is 17.0. The number of piperidine rings is 1. The molecule has 0 spiro atoms. The van der Waals surface area contributed by atoms with Crippen LogP contribution in [0, 0.1) is 0 Å². The number of carbonyl (C=O) groups is 1. The molecule has 24 heavy (non-hydrogen) atoms. The summed E-state index contributed by atoms with van der Waals surface area (Å²) in [6.45, 7) is 8.67. The summed E-state index contributed by atoms with van der Waals surface area (Å²) < 4.78 is 5.39. The largest absolute Gasteiger partial charge is 0.379 e. The summed E-state index contributed by atoms with van der Waals surface area (Å²) in [5.41, 5.74) is -0.519. The number of anilines is 1. The Kier molecular flexibility index (Phi) is 5.30. The first-order valence-corrected chi connectivity index (χ1v) is 8.73. The number of rotatable bonds is 4. The van der Waals surface area contributed by atoms with Crippen molar-refractivity contribution in [1.82, 2.24) is 20.2 Å². The van der Waals surface area contributed by atoms with Crippen molar-refractivity contribution in [2.45, 2.75) is 38.3 Å². The summed E-state index contributed by atoms with van der Waals surface area (Å²) in [6, 6.07) is 1.95. The second kappa shape index (κ2) is 7.44. The van der Waals surface area contributed by atoms with Gasteiger partial charge in [-0.25, -0.2) is 9.97 Å². The molecule has 0 saturated carbocycles. The van der Waals surface area contributed by atoms with E-state index in [1.807, 2.05) is 19.9 Å². The first-order valence-electron chi connectivity index (χ1n) is 8.73. The Morgan fingerprint density at radius 1 is 1.25 bits per heavy atom. The highest BCUT2D eigenvalue weighted by Crippen LogP contribution is 2.19. The molecule has 1 aromatic rings. The number of aromatic nitrogens is 2. The van der Waals surface area contributed by atoms with Crippen LogP contribution >= 0.6 is 0 Å². The van der Waals surface area contributed by atoms with E-state index in [1.54, 1.807) is 12.4 Å². The van der Waals surface area contributed by atoms with Crippen molar-refractivity contribution in [2.24, 2.45) is 0 Å². The molecule has 1 atom stereocenters. The Labute approximate surface area is 143 Å². The fourth-order valence-electron chi connectivity index (χ4n) is 3.36. The normalized spacial score (nSPS) is 23.1. The van der Waals surface area contributed by atoms with Gasteiger partial charge in [0, 0.05) is 44.6 Å². The zero-order valence-corrected chi connectivity index (χ0v) is 14.6. The summed E-state index contributed by atoms with van der Waals surface area (Å²) in [6.07, 6.45) is 5.54. The van der Waals surface area contributed by atoms with Gasteiger partial charge in [0.05, 0.1) is 18.8 Å². The van der Waals surface area contributed by atoms with Crippen LogP contribution < -0.4 is 10.2 Å². The minimum Gasteiger partial charge on any atom is -0.379 e. The van der Waals surface area contributed by atoms with E-state index in [1.165, 1.54) is 0 Å². The number of hydrogen-bond acceptors (Lipinski definition) is 6. The maximum absolute atomic E-state index is 12.8. The Morgan fingerprint density at radius 2 is 1.96 bits per heavy atom. The van der Waals surface area contributed by atoms with Crippen LogP contribution in [-0.4, -0.2) is 71.7 Å². The Hall–Kier alpha value is -1.73. The van der Waals surface area contributed by atoms with Crippen molar-refractivity contribution in [1.29, 1.82) is 0 Å². The van der Waals surface area contributed by atoms with E-state index in [-0.39, 0.29) is 11.9 Å². The fraction of sp³-hybridized carbons (Fsp3) is 0.706. The number of hydrogen-bond donors (Lipinski definition) is 1. The molecule has 1 aromatic heterocycles. The molecule has 3 heterocycles. The van der Waals surface area contributed by atoms with Crippen LogP contribution in [0.5, 0.6) is 0 Å². The van der Waals surface area contributed by atoms with Crippen molar-refractivity contribution >= 4 is 11.9 Å². The zero-order valence-electron chi connectivity index (χ0n) is 14.6. The van der Waals surface area contributed by atoms with Crippen molar-refractivity contribution in [3.8, 4) is 0 Å². The molecule has 2 aliphatic rings. The Balaban J connectivity index is 1.59. The van der Waals surface area contributed by atoms with Gasteiger partial charge in [0.1, 0.15) is 0 Å². The predicted octanol–water partition coefficient (Wildman–Crippen LogP) is 0.672.